The Bertz CT molecular complexity index is 469. The van der Waals surface area contributed by atoms with E-state index in [1.807, 2.05) is 13.8 Å². The first-order valence-electron chi connectivity index (χ1n) is 7.22. The molecule has 1 aromatic carbocycles. The number of aliphatic carboxylic acids is 1. The fourth-order valence-corrected chi connectivity index (χ4v) is 2.21. The van der Waals surface area contributed by atoms with Crippen molar-refractivity contribution in [3.05, 3.63) is 35.6 Å². The van der Waals surface area contributed by atoms with Crippen LogP contribution in [-0.2, 0) is 9.59 Å². The first-order valence-corrected chi connectivity index (χ1v) is 7.22. The number of nitrogens with one attached hydrogen (secondary N) is 1. The molecule has 1 amide bonds. The van der Waals surface area contributed by atoms with E-state index >= 15 is 0 Å². The lowest BCUT2D eigenvalue weighted by Gasteiger charge is -2.19. The third-order valence-corrected chi connectivity index (χ3v) is 3.62. The van der Waals surface area contributed by atoms with Crippen LogP contribution in [-0.4, -0.2) is 17.0 Å². The third kappa shape index (κ3) is 5.94. The van der Waals surface area contributed by atoms with E-state index in [-0.39, 0.29) is 12.3 Å². The molecule has 0 spiro atoms. The van der Waals surface area contributed by atoms with Crippen molar-refractivity contribution >= 4 is 11.9 Å². The minimum atomic E-state index is -1.01. The maximum Gasteiger partial charge on any atom is 0.305 e. The van der Waals surface area contributed by atoms with Crippen LogP contribution in [0.3, 0.4) is 0 Å². The highest BCUT2D eigenvalue weighted by Gasteiger charge is 2.19. The van der Waals surface area contributed by atoms with Crippen molar-refractivity contribution in [1.29, 1.82) is 0 Å². The summed E-state index contributed by atoms with van der Waals surface area (Å²) in [4.78, 5) is 23.0. The molecular formula is C16H22FNO3. The van der Waals surface area contributed by atoms with Crippen LogP contribution in [0.4, 0.5) is 4.39 Å². The van der Waals surface area contributed by atoms with Gasteiger partial charge in [0.05, 0.1) is 12.5 Å². The summed E-state index contributed by atoms with van der Waals surface area (Å²) in [5.74, 6) is -1.27. The highest BCUT2D eigenvalue weighted by atomic mass is 19.1. The van der Waals surface area contributed by atoms with Gasteiger partial charge in [0.15, 0.2) is 0 Å². The molecule has 0 aliphatic carbocycles. The molecule has 0 aliphatic rings. The van der Waals surface area contributed by atoms with Gasteiger partial charge in [-0.3, -0.25) is 9.59 Å². The van der Waals surface area contributed by atoms with E-state index in [1.165, 1.54) is 24.3 Å². The quantitative estimate of drug-likeness (QED) is 0.773. The number of amides is 1. The maximum atomic E-state index is 12.9. The van der Waals surface area contributed by atoms with Crippen molar-refractivity contribution in [3.8, 4) is 0 Å². The molecule has 5 heteroatoms. The summed E-state index contributed by atoms with van der Waals surface area (Å²) in [7, 11) is 0. The lowest BCUT2D eigenvalue weighted by atomic mass is 9.98. The first-order chi connectivity index (χ1) is 9.96. The van der Waals surface area contributed by atoms with Gasteiger partial charge >= 0.3 is 5.97 Å². The van der Waals surface area contributed by atoms with Crippen molar-refractivity contribution in [3.63, 3.8) is 0 Å². The Labute approximate surface area is 124 Å². The van der Waals surface area contributed by atoms with Crippen molar-refractivity contribution < 1.29 is 19.1 Å². The first kappa shape index (κ1) is 17.1. The highest BCUT2D eigenvalue weighted by molar-refractivity contribution is 5.78. The van der Waals surface area contributed by atoms with E-state index in [1.54, 1.807) is 0 Å². The van der Waals surface area contributed by atoms with Crippen LogP contribution in [0.25, 0.3) is 0 Å². The monoisotopic (exact) mass is 295 g/mol. The Hall–Kier alpha value is -1.91. The van der Waals surface area contributed by atoms with Gasteiger partial charge in [0.25, 0.3) is 0 Å². The van der Waals surface area contributed by atoms with Crippen LogP contribution in [0, 0.1) is 11.7 Å². The molecule has 1 unspecified atom stereocenters. The van der Waals surface area contributed by atoms with Crippen molar-refractivity contribution in [2.24, 2.45) is 5.92 Å². The number of hydrogen-bond acceptors (Lipinski definition) is 2. The Morgan fingerprint density at radius 3 is 2.19 bits per heavy atom. The zero-order valence-electron chi connectivity index (χ0n) is 12.4. The Morgan fingerprint density at radius 1 is 1.14 bits per heavy atom. The lowest BCUT2D eigenvalue weighted by molar-refractivity contribution is -0.137. The van der Waals surface area contributed by atoms with Crippen LogP contribution < -0.4 is 5.32 Å². The summed E-state index contributed by atoms with van der Waals surface area (Å²) in [6, 6.07) is 4.89. The van der Waals surface area contributed by atoms with Gasteiger partial charge in [-0.05, 0) is 23.6 Å². The molecule has 0 saturated heterocycles. The number of halogens is 1. The number of rotatable bonds is 8. The second-order valence-corrected chi connectivity index (χ2v) is 5.16. The predicted molar refractivity (Wildman–Crippen MR) is 78.2 cm³/mol. The number of carbonyl (C=O) groups excluding carboxylic acids is 1. The normalized spacial score (nSPS) is 12.2. The van der Waals surface area contributed by atoms with E-state index in [0.717, 1.165) is 12.8 Å². The van der Waals surface area contributed by atoms with E-state index in [0.29, 0.717) is 17.9 Å². The molecule has 4 nitrogen and oxygen atoms in total. The molecule has 0 aliphatic heterocycles. The topological polar surface area (TPSA) is 66.4 Å². The molecule has 0 radical (unpaired) electrons. The molecular weight excluding hydrogens is 273 g/mol. The SMILES string of the molecule is CCC(CC)CC(=O)NC(CC(=O)O)c1ccc(F)cc1. The second-order valence-electron chi connectivity index (χ2n) is 5.16. The number of hydrogen-bond donors (Lipinski definition) is 2. The zero-order valence-corrected chi connectivity index (χ0v) is 12.4. The molecule has 116 valence electrons. The summed E-state index contributed by atoms with van der Waals surface area (Å²) in [5, 5.41) is 11.7. The van der Waals surface area contributed by atoms with Crippen molar-refractivity contribution in [2.45, 2.75) is 45.6 Å². The van der Waals surface area contributed by atoms with Gasteiger partial charge in [0.2, 0.25) is 5.91 Å². The molecule has 2 N–H and O–H groups in total. The number of carboxylic acids is 1. The van der Waals surface area contributed by atoms with Crippen molar-refractivity contribution in [1.82, 2.24) is 5.32 Å². The van der Waals surface area contributed by atoms with Gasteiger partial charge in [-0.2, -0.15) is 0 Å². The zero-order chi connectivity index (χ0) is 15.8. The average Bonchev–Trinajstić information content (AvgIpc) is 2.44. The van der Waals surface area contributed by atoms with Crippen LogP contribution in [0.15, 0.2) is 24.3 Å². The summed E-state index contributed by atoms with van der Waals surface area (Å²) in [5.41, 5.74) is 0.594. The maximum absolute atomic E-state index is 12.9. The minimum Gasteiger partial charge on any atom is -0.481 e. The molecule has 1 rings (SSSR count). The number of benzene rings is 1. The van der Waals surface area contributed by atoms with Gasteiger partial charge in [-0.25, -0.2) is 4.39 Å². The van der Waals surface area contributed by atoms with E-state index in [2.05, 4.69) is 5.32 Å². The van der Waals surface area contributed by atoms with E-state index in [4.69, 9.17) is 5.11 Å². The summed E-state index contributed by atoms with van der Waals surface area (Å²) < 4.78 is 12.9. The standard InChI is InChI=1S/C16H22FNO3/c1-3-11(4-2)9-15(19)18-14(10-16(20)21)12-5-7-13(17)8-6-12/h5-8,11,14H,3-4,9-10H2,1-2H3,(H,18,19)(H,20,21). The molecule has 1 aromatic rings. The predicted octanol–water partition coefficient (Wildman–Crippen LogP) is 3.28. The Balaban J connectivity index is 2.76. The fourth-order valence-electron chi connectivity index (χ4n) is 2.21. The number of carboxylic acid groups (broad SMARTS) is 1. The number of carbonyl (C=O) groups is 2. The molecule has 1 atom stereocenters. The second kappa shape index (κ2) is 8.39. The largest absolute Gasteiger partial charge is 0.481 e. The molecule has 0 saturated carbocycles. The smallest absolute Gasteiger partial charge is 0.305 e. The van der Waals surface area contributed by atoms with Crippen molar-refractivity contribution in [2.75, 3.05) is 0 Å². The Kier molecular flexibility index (Phi) is 6.85. The van der Waals surface area contributed by atoms with Crippen LogP contribution in [0.5, 0.6) is 0 Å². The van der Waals surface area contributed by atoms with Gasteiger partial charge < -0.3 is 10.4 Å². The molecule has 0 aromatic heterocycles. The van der Waals surface area contributed by atoms with Gasteiger partial charge in [0, 0.05) is 6.42 Å². The van der Waals surface area contributed by atoms with E-state index in [9.17, 15) is 14.0 Å². The highest BCUT2D eigenvalue weighted by Crippen LogP contribution is 2.19. The molecule has 21 heavy (non-hydrogen) atoms. The van der Waals surface area contributed by atoms with Crippen LogP contribution in [0.1, 0.15) is 51.1 Å². The van der Waals surface area contributed by atoms with E-state index < -0.39 is 17.8 Å². The fraction of sp³-hybridized carbons (Fsp3) is 0.500. The summed E-state index contributed by atoms with van der Waals surface area (Å²) in [6.07, 6.45) is 1.97. The Morgan fingerprint density at radius 2 is 1.71 bits per heavy atom. The minimum absolute atomic E-state index is 0.167. The molecule has 0 fully saturated rings. The summed E-state index contributed by atoms with van der Waals surface area (Å²) in [6.45, 7) is 4.05. The van der Waals surface area contributed by atoms with Crippen LogP contribution in [0.2, 0.25) is 0 Å². The van der Waals surface area contributed by atoms with Gasteiger partial charge in [-0.1, -0.05) is 38.8 Å². The van der Waals surface area contributed by atoms with Crippen LogP contribution >= 0.6 is 0 Å². The third-order valence-electron chi connectivity index (χ3n) is 3.62. The summed E-state index contributed by atoms with van der Waals surface area (Å²) >= 11 is 0. The molecule has 0 heterocycles. The lowest BCUT2D eigenvalue weighted by Crippen LogP contribution is -2.31. The van der Waals surface area contributed by atoms with Gasteiger partial charge in [0.1, 0.15) is 5.82 Å². The van der Waals surface area contributed by atoms with Gasteiger partial charge in [-0.15, -0.1) is 0 Å². The average molecular weight is 295 g/mol. The molecule has 0 bridgehead atoms.